The van der Waals surface area contributed by atoms with Crippen LogP contribution in [0.2, 0.25) is 0 Å². The molecule has 72 valence electrons. The molecule has 0 amide bonds. The third-order valence-electron chi connectivity index (χ3n) is 1.50. The second-order valence-electron chi connectivity index (χ2n) is 2.45. The molecular formula is C6H13NO4S. The summed E-state index contributed by atoms with van der Waals surface area (Å²) in [7, 11) is -3.38. The fourth-order valence-corrected chi connectivity index (χ4v) is 1.42. The minimum absolute atomic E-state index is 0.0210. The second kappa shape index (κ2) is 4.18. The Morgan fingerprint density at radius 3 is 2.92 bits per heavy atom. The zero-order valence-corrected chi connectivity index (χ0v) is 7.76. The van der Waals surface area contributed by atoms with E-state index in [2.05, 4.69) is 5.32 Å². The van der Waals surface area contributed by atoms with Gasteiger partial charge >= 0.3 is 0 Å². The van der Waals surface area contributed by atoms with Gasteiger partial charge < -0.3 is 10.1 Å². The molecule has 0 aliphatic carbocycles. The van der Waals surface area contributed by atoms with Crippen LogP contribution in [0, 0.1) is 0 Å². The number of hydrogen-bond acceptors (Lipinski definition) is 5. The van der Waals surface area contributed by atoms with Crippen molar-refractivity contribution in [1.82, 2.24) is 5.32 Å². The SMILES string of the molecule is CCS(=O)(=O)OC1CNCCO1. The first kappa shape index (κ1) is 9.91. The Hall–Kier alpha value is -0.170. The van der Waals surface area contributed by atoms with E-state index >= 15 is 0 Å². The molecule has 1 atom stereocenters. The van der Waals surface area contributed by atoms with Crippen molar-refractivity contribution in [3.63, 3.8) is 0 Å². The van der Waals surface area contributed by atoms with Crippen LogP contribution in [0.15, 0.2) is 0 Å². The summed E-state index contributed by atoms with van der Waals surface area (Å²) in [5, 5.41) is 2.97. The van der Waals surface area contributed by atoms with Gasteiger partial charge in [-0.05, 0) is 6.92 Å². The minimum Gasteiger partial charge on any atom is -0.349 e. The Kier molecular flexibility index (Phi) is 3.45. The maximum atomic E-state index is 10.9. The van der Waals surface area contributed by atoms with Crippen LogP contribution in [-0.2, 0) is 19.0 Å². The molecule has 1 aliphatic rings. The zero-order valence-electron chi connectivity index (χ0n) is 6.95. The van der Waals surface area contributed by atoms with Crippen LogP contribution in [0.4, 0.5) is 0 Å². The van der Waals surface area contributed by atoms with E-state index in [1.807, 2.05) is 0 Å². The first-order valence-corrected chi connectivity index (χ1v) is 5.45. The van der Waals surface area contributed by atoms with Crippen molar-refractivity contribution >= 4 is 10.1 Å². The highest BCUT2D eigenvalue weighted by atomic mass is 32.2. The largest absolute Gasteiger partial charge is 0.349 e. The smallest absolute Gasteiger partial charge is 0.269 e. The quantitative estimate of drug-likeness (QED) is 0.603. The molecule has 1 unspecified atom stereocenters. The van der Waals surface area contributed by atoms with Crippen LogP contribution in [0.5, 0.6) is 0 Å². The van der Waals surface area contributed by atoms with Crippen molar-refractivity contribution in [3.05, 3.63) is 0 Å². The molecule has 6 heteroatoms. The summed E-state index contributed by atoms with van der Waals surface area (Å²) in [5.41, 5.74) is 0. The third-order valence-corrected chi connectivity index (χ3v) is 2.72. The highest BCUT2D eigenvalue weighted by Crippen LogP contribution is 2.03. The number of ether oxygens (including phenoxy) is 1. The Bertz CT molecular complexity index is 220. The Labute approximate surface area is 72.2 Å². The molecular weight excluding hydrogens is 182 g/mol. The van der Waals surface area contributed by atoms with E-state index in [1.54, 1.807) is 0 Å². The predicted molar refractivity (Wildman–Crippen MR) is 43.2 cm³/mol. The topological polar surface area (TPSA) is 64.6 Å². The molecule has 12 heavy (non-hydrogen) atoms. The van der Waals surface area contributed by atoms with Gasteiger partial charge in [0.15, 0.2) is 6.29 Å². The number of rotatable bonds is 3. The van der Waals surface area contributed by atoms with Gasteiger partial charge in [0.05, 0.1) is 12.4 Å². The lowest BCUT2D eigenvalue weighted by Gasteiger charge is -2.22. The third kappa shape index (κ3) is 3.06. The minimum atomic E-state index is -3.38. The molecule has 1 N–H and O–H groups in total. The lowest BCUT2D eigenvalue weighted by Crippen LogP contribution is -2.41. The Morgan fingerprint density at radius 2 is 2.42 bits per heavy atom. The summed E-state index contributed by atoms with van der Waals surface area (Å²) in [4.78, 5) is 0. The molecule has 5 nitrogen and oxygen atoms in total. The lowest BCUT2D eigenvalue weighted by molar-refractivity contribution is -0.0910. The molecule has 0 radical (unpaired) electrons. The monoisotopic (exact) mass is 195 g/mol. The maximum Gasteiger partial charge on any atom is 0.269 e. The highest BCUT2D eigenvalue weighted by Gasteiger charge is 2.20. The van der Waals surface area contributed by atoms with Crippen LogP contribution in [0.3, 0.4) is 0 Å². The molecule has 0 saturated carbocycles. The van der Waals surface area contributed by atoms with Gasteiger partial charge in [0, 0.05) is 13.1 Å². The standard InChI is InChI=1S/C6H13NO4S/c1-2-12(8,9)11-6-5-7-3-4-10-6/h6-7H,2-5H2,1H3. The van der Waals surface area contributed by atoms with Crippen LogP contribution in [0.1, 0.15) is 6.92 Å². The molecule has 1 saturated heterocycles. The lowest BCUT2D eigenvalue weighted by atomic mass is 10.5. The van der Waals surface area contributed by atoms with Crippen molar-refractivity contribution in [1.29, 1.82) is 0 Å². The molecule has 0 spiro atoms. The van der Waals surface area contributed by atoms with Crippen LogP contribution in [-0.4, -0.2) is 40.2 Å². The first-order chi connectivity index (χ1) is 5.64. The van der Waals surface area contributed by atoms with Gasteiger partial charge in [-0.15, -0.1) is 0 Å². The van der Waals surface area contributed by atoms with E-state index in [1.165, 1.54) is 6.92 Å². The van der Waals surface area contributed by atoms with Crippen LogP contribution in [0.25, 0.3) is 0 Å². The van der Waals surface area contributed by atoms with Gasteiger partial charge in [-0.3, -0.25) is 0 Å². The van der Waals surface area contributed by atoms with E-state index in [0.717, 1.165) is 6.54 Å². The van der Waals surface area contributed by atoms with Crippen LogP contribution >= 0.6 is 0 Å². The molecule has 0 aromatic rings. The van der Waals surface area contributed by atoms with Gasteiger partial charge in [0.2, 0.25) is 0 Å². The normalized spacial score (nSPS) is 25.6. The van der Waals surface area contributed by atoms with Gasteiger partial charge in [0.25, 0.3) is 10.1 Å². The van der Waals surface area contributed by atoms with Gasteiger partial charge in [0.1, 0.15) is 0 Å². The summed E-state index contributed by atoms with van der Waals surface area (Å²) < 4.78 is 31.6. The highest BCUT2D eigenvalue weighted by molar-refractivity contribution is 7.86. The van der Waals surface area contributed by atoms with E-state index in [4.69, 9.17) is 8.92 Å². The molecule has 0 aromatic heterocycles. The van der Waals surface area contributed by atoms with Crippen molar-refractivity contribution in [2.24, 2.45) is 0 Å². The van der Waals surface area contributed by atoms with Crippen LogP contribution < -0.4 is 5.32 Å². The average Bonchev–Trinajstić information content (AvgIpc) is 2.06. The maximum absolute atomic E-state index is 10.9. The fraction of sp³-hybridized carbons (Fsp3) is 1.00. The summed E-state index contributed by atoms with van der Waals surface area (Å²) >= 11 is 0. The molecule has 0 bridgehead atoms. The number of hydrogen-bond donors (Lipinski definition) is 1. The molecule has 1 heterocycles. The van der Waals surface area contributed by atoms with E-state index in [9.17, 15) is 8.42 Å². The summed E-state index contributed by atoms with van der Waals surface area (Å²) in [6.45, 7) is 3.20. The first-order valence-electron chi connectivity index (χ1n) is 3.87. The van der Waals surface area contributed by atoms with Gasteiger partial charge in [-0.25, -0.2) is 4.18 Å². The van der Waals surface area contributed by atoms with E-state index < -0.39 is 16.4 Å². The van der Waals surface area contributed by atoms with Crippen molar-refractivity contribution in [2.75, 3.05) is 25.4 Å². The second-order valence-corrected chi connectivity index (χ2v) is 4.33. The Morgan fingerprint density at radius 1 is 1.67 bits per heavy atom. The number of morpholine rings is 1. The van der Waals surface area contributed by atoms with Crippen molar-refractivity contribution in [2.45, 2.75) is 13.2 Å². The van der Waals surface area contributed by atoms with Gasteiger partial charge in [-0.2, -0.15) is 8.42 Å². The van der Waals surface area contributed by atoms with Crippen molar-refractivity contribution < 1.29 is 17.3 Å². The summed E-state index contributed by atoms with van der Waals surface area (Å²) in [5.74, 6) is -0.0210. The molecule has 1 rings (SSSR count). The fourth-order valence-electron chi connectivity index (χ4n) is 0.835. The zero-order chi connectivity index (χ0) is 9.03. The molecule has 1 aliphatic heterocycles. The predicted octanol–water partition coefficient (Wildman–Crippen LogP) is -0.701. The van der Waals surface area contributed by atoms with Crippen molar-refractivity contribution in [3.8, 4) is 0 Å². The Balaban J connectivity index is 2.39. The van der Waals surface area contributed by atoms with E-state index in [-0.39, 0.29) is 5.75 Å². The number of nitrogens with one attached hydrogen (secondary N) is 1. The average molecular weight is 195 g/mol. The molecule has 0 aromatic carbocycles. The molecule has 1 fully saturated rings. The summed E-state index contributed by atoms with van der Waals surface area (Å²) in [6, 6.07) is 0. The van der Waals surface area contributed by atoms with E-state index in [0.29, 0.717) is 13.2 Å². The summed E-state index contributed by atoms with van der Waals surface area (Å²) in [6.07, 6.45) is -0.649. The van der Waals surface area contributed by atoms with Gasteiger partial charge in [-0.1, -0.05) is 0 Å².